The molecule has 8 heteroatoms. The van der Waals surface area contributed by atoms with Crippen LogP contribution in [-0.2, 0) is 27.8 Å². The minimum Gasteiger partial charge on any atom is -0.373 e. The molecule has 35 heavy (non-hydrogen) atoms. The number of rotatable bonds is 6. The number of aromatic nitrogens is 2. The Morgan fingerprint density at radius 3 is 2.37 bits per heavy atom. The fourth-order valence-electron chi connectivity index (χ4n) is 5.93. The highest BCUT2D eigenvalue weighted by Gasteiger charge is 2.39. The van der Waals surface area contributed by atoms with Gasteiger partial charge in [-0.3, -0.25) is 24.1 Å². The maximum atomic E-state index is 12.2. The molecule has 1 aromatic heterocycles. The Balaban J connectivity index is 1.28. The van der Waals surface area contributed by atoms with E-state index in [0.29, 0.717) is 38.0 Å². The average Bonchev–Trinajstić information content (AvgIpc) is 3.36. The third-order valence-corrected chi connectivity index (χ3v) is 8.30. The fraction of sp³-hybridized carbons (Fsp3) is 0.593. The van der Waals surface area contributed by atoms with Gasteiger partial charge in [0.2, 0.25) is 11.8 Å². The molecule has 3 fully saturated rings. The molecule has 2 saturated heterocycles. The summed E-state index contributed by atoms with van der Waals surface area (Å²) < 4.78 is 8.22. The molecule has 7 nitrogen and oxygen atoms in total. The molecule has 1 saturated carbocycles. The van der Waals surface area contributed by atoms with Crippen LogP contribution in [0.15, 0.2) is 30.3 Å². The minimum atomic E-state index is -0.140. The van der Waals surface area contributed by atoms with Gasteiger partial charge in [-0.15, -0.1) is 0 Å². The van der Waals surface area contributed by atoms with E-state index < -0.39 is 0 Å². The third kappa shape index (κ3) is 5.47. The first-order chi connectivity index (χ1) is 16.9. The zero-order valence-electron chi connectivity index (χ0n) is 20.7. The van der Waals surface area contributed by atoms with Crippen molar-refractivity contribution in [2.24, 2.45) is 7.05 Å². The van der Waals surface area contributed by atoms with Crippen molar-refractivity contribution in [3.8, 4) is 0 Å². The van der Waals surface area contributed by atoms with Gasteiger partial charge in [0.05, 0.1) is 24.9 Å². The number of amides is 2. The highest BCUT2D eigenvalue weighted by atomic mass is 35.5. The Kier molecular flexibility index (Phi) is 7.28. The van der Waals surface area contributed by atoms with Crippen LogP contribution < -0.4 is 0 Å². The van der Waals surface area contributed by atoms with E-state index in [2.05, 4.69) is 30.0 Å². The van der Waals surface area contributed by atoms with Gasteiger partial charge in [0.25, 0.3) is 0 Å². The predicted octanol–water partition coefficient (Wildman–Crippen LogP) is 3.87. The molecule has 2 aromatic rings. The van der Waals surface area contributed by atoms with Crippen molar-refractivity contribution in [3.63, 3.8) is 0 Å². The second-order valence-electron chi connectivity index (χ2n) is 10.4. The molecule has 1 aromatic carbocycles. The van der Waals surface area contributed by atoms with Crippen LogP contribution in [0.2, 0.25) is 5.02 Å². The lowest BCUT2D eigenvalue weighted by Crippen LogP contribution is -2.57. The minimum absolute atomic E-state index is 0.0698. The molecule has 0 spiro atoms. The van der Waals surface area contributed by atoms with Gasteiger partial charge in [0.1, 0.15) is 0 Å². The number of carbonyl (C=O) groups is 2. The number of ether oxygens (including phenoxy) is 1. The van der Waals surface area contributed by atoms with E-state index in [9.17, 15) is 9.59 Å². The summed E-state index contributed by atoms with van der Waals surface area (Å²) in [7, 11) is 2.01. The number of morpholine rings is 1. The number of nitrogens with zero attached hydrogens (tertiary/aromatic N) is 4. The number of carbonyl (C=O) groups excluding carboxylic acids is 2. The largest absolute Gasteiger partial charge is 0.373 e. The lowest BCUT2D eigenvalue weighted by Gasteiger charge is -2.46. The van der Waals surface area contributed by atoms with Crippen LogP contribution in [-0.4, -0.2) is 69.3 Å². The van der Waals surface area contributed by atoms with Crippen LogP contribution in [0.5, 0.6) is 0 Å². The maximum absolute atomic E-state index is 12.2. The molecular weight excluding hydrogens is 464 g/mol. The van der Waals surface area contributed by atoms with E-state index in [-0.39, 0.29) is 24.0 Å². The number of hydrogen-bond donors (Lipinski definition) is 0. The van der Waals surface area contributed by atoms with Crippen LogP contribution in [0, 0.1) is 6.92 Å². The Labute approximate surface area is 212 Å². The molecule has 2 unspecified atom stereocenters. The molecule has 3 heterocycles. The van der Waals surface area contributed by atoms with Crippen molar-refractivity contribution in [1.29, 1.82) is 0 Å². The van der Waals surface area contributed by atoms with Crippen molar-refractivity contribution in [2.45, 2.75) is 76.0 Å². The van der Waals surface area contributed by atoms with Gasteiger partial charge in [-0.2, -0.15) is 5.10 Å². The first-order valence-corrected chi connectivity index (χ1v) is 13.2. The zero-order chi connectivity index (χ0) is 24.5. The molecule has 1 aliphatic carbocycles. The number of aryl methyl sites for hydroxylation is 2. The van der Waals surface area contributed by atoms with Gasteiger partial charge in [-0.25, -0.2) is 0 Å². The Morgan fingerprint density at radius 2 is 1.74 bits per heavy atom. The first kappa shape index (κ1) is 24.5. The zero-order valence-corrected chi connectivity index (χ0v) is 21.4. The summed E-state index contributed by atoms with van der Waals surface area (Å²) in [4.78, 5) is 28.4. The molecule has 0 N–H and O–H groups in total. The summed E-state index contributed by atoms with van der Waals surface area (Å²) >= 11 is 6.10. The standard InChI is InChI=1S/C27H35ClN4O3/c1-18-13-25(29-30(18)2)20-5-9-22(10-6-20)31-15-24(16-32-26(33)11-12-27(32)34)35-17-23(31)14-19-3-7-21(28)8-4-19/h3-4,7-8,13,20,22-24H,5-6,9-12,14-17H2,1-2H3. The number of benzene rings is 1. The second kappa shape index (κ2) is 10.4. The quantitative estimate of drug-likeness (QED) is 0.565. The third-order valence-electron chi connectivity index (χ3n) is 8.05. The Hall–Kier alpha value is -2.22. The van der Waals surface area contributed by atoms with E-state index >= 15 is 0 Å². The summed E-state index contributed by atoms with van der Waals surface area (Å²) in [6.45, 7) is 3.81. The van der Waals surface area contributed by atoms with Gasteiger partial charge in [-0.05, 0) is 62.8 Å². The number of halogens is 1. The summed E-state index contributed by atoms with van der Waals surface area (Å²) in [5, 5.41) is 5.48. The van der Waals surface area contributed by atoms with Crippen molar-refractivity contribution >= 4 is 23.4 Å². The van der Waals surface area contributed by atoms with E-state index in [1.807, 2.05) is 23.9 Å². The average molecular weight is 499 g/mol. The summed E-state index contributed by atoms with van der Waals surface area (Å²) in [6, 6.07) is 11.0. The van der Waals surface area contributed by atoms with Crippen LogP contribution in [0.25, 0.3) is 0 Å². The SMILES string of the molecule is Cc1cc(C2CCC(N3CC(CN4C(=O)CCC4=O)OCC3Cc3ccc(Cl)cc3)CC2)nn1C. The van der Waals surface area contributed by atoms with Crippen LogP contribution >= 0.6 is 11.6 Å². The van der Waals surface area contributed by atoms with E-state index in [0.717, 1.165) is 43.7 Å². The van der Waals surface area contributed by atoms with Gasteiger partial charge in [0, 0.05) is 55.2 Å². The number of imide groups is 1. The van der Waals surface area contributed by atoms with Crippen LogP contribution in [0.3, 0.4) is 0 Å². The van der Waals surface area contributed by atoms with Gasteiger partial charge in [-0.1, -0.05) is 23.7 Å². The molecule has 0 bridgehead atoms. The first-order valence-electron chi connectivity index (χ1n) is 12.8. The molecule has 3 aliphatic rings. The molecule has 2 amide bonds. The van der Waals surface area contributed by atoms with Gasteiger partial charge < -0.3 is 4.74 Å². The summed E-state index contributed by atoms with van der Waals surface area (Å²) in [5.74, 6) is 0.372. The van der Waals surface area contributed by atoms with Gasteiger partial charge in [0.15, 0.2) is 0 Å². The summed E-state index contributed by atoms with van der Waals surface area (Å²) in [5.41, 5.74) is 3.66. The molecular formula is C27H35ClN4O3. The van der Waals surface area contributed by atoms with E-state index in [1.165, 1.54) is 21.9 Å². The van der Waals surface area contributed by atoms with E-state index in [4.69, 9.17) is 21.4 Å². The normalized spacial score (nSPS) is 28.1. The second-order valence-corrected chi connectivity index (χ2v) is 10.8. The molecule has 2 aliphatic heterocycles. The van der Waals surface area contributed by atoms with E-state index in [1.54, 1.807) is 0 Å². The van der Waals surface area contributed by atoms with Crippen LogP contribution in [0.4, 0.5) is 0 Å². The topological polar surface area (TPSA) is 67.7 Å². The lowest BCUT2D eigenvalue weighted by molar-refractivity contribution is -0.144. The summed E-state index contributed by atoms with van der Waals surface area (Å²) in [6.07, 6.45) is 5.89. The Morgan fingerprint density at radius 1 is 1.06 bits per heavy atom. The van der Waals surface area contributed by atoms with Crippen molar-refractivity contribution in [3.05, 3.63) is 52.3 Å². The van der Waals surface area contributed by atoms with Crippen molar-refractivity contribution in [2.75, 3.05) is 19.7 Å². The number of hydrogen-bond acceptors (Lipinski definition) is 5. The highest BCUT2D eigenvalue weighted by Crippen LogP contribution is 2.36. The molecule has 0 radical (unpaired) electrons. The Bertz CT molecular complexity index is 1030. The van der Waals surface area contributed by atoms with Crippen molar-refractivity contribution < 1.29 is 14.3 Å². The molecule has 188 valence electrons. The maximum Gasteiger partial charge on any atom is 0.229 e. The van der Waals surface area contributed by atoms with Crippen molar-refractivity contribution in [1.82, 2.24) is 19.6 Å². The smallest absolute Gasteiger partial charge is 0.229 e. The predicted molar refractivity (Wildman–Crippen MR) is 134 cm³/mol. The fourth-order valence-corrected chi connectivity index (χ4v) is 6.05. The molecule has 5 rings (SSSR count). The highest BCUT2D eigenvalue weighted by molar-refractivity contribution is 6.30. The number of likely N-dealkylation sites (tertiary alicyclic amines) is 1. The van der Waals surface area contributed by atoms with Crippen LogP contribution in [0.1, 0.15) is 61.4 Å². The monoisotopic (exact) mass is 498 g/mol. The van der Waals surface area contributed by atoms with Gasteiger partial charge >= 0.3 is 0 Å². The lowest BCUT2D eigenvalue weighted by atomic mass is 9.82. The molecule has 2 atom stereocenters.